The number of hydrogen-bond acceptors (Lipinski definition) is 4. The van der Waals surface area contributed by atoms with Gasteiger partial charge in [0.15, 0.2) is 0 Å². The molecule has 6 heteroatoms. The van der Waals surface area contributed by atoms with Gasteiger partial charge in [0.1, 0.15) is 0 Å². The van der Waals surface area contributed by atoms with E-state index in [1.165, 1.54) is 10.4 Å². The van der Waals surface area contributed by atoms with Crippen LogP contribution in [0.25, 0.3) is 0 Å². The highest BCUT2D eigenvalue weighted by Gasteiger charge is 2.19. The monoisotopic (exact) mass is 237 g/mol. The fraction of sp³-hybridized carbons (Fsp3) is 0.778. The lowest BCUT2D eigenvalue weighted by atomic mass is 10.4. The third-order valence-electron chi connectivity index (χ3n) is 1.89. The molecule has 0 aliphatic heterocycles. The summed E-state index contributed by atoms with van der Waals surface area (Å²) in [5, 5.41) is 17.3. The number of unbranched alkanes of at least 4 members (excludes halogenated alkanes) is 1. The van der Waals surface area contributed by atoms with Gasteiger partial charge in [-0.15, -0.1) is 6.58 Å². The average molecular weight is 237 g/mol. The Morgan fingerprint density at radius 2 is 1.87 bits per heavy atom. The van der Waals surface area contributed by atoms with Gasteiger partial charge in [0.2, 0.25) is 10.0 Å². The lowest BCUT2D eigenvalue weighted by Crippen LogP contribution is -2.35. The predicted molar refractivity (Wildman–Crippen MR) is 59.0 cm³/mol. The maximum absolute atomic E-state index is 11.7. The van der Waals surface area contributed by atoms with Crippen LogP contribution in [0.5, 0.6) is 0 Å². The van der Waals surface area contributed by atoms with Crippen LogP contribution in [-0.2, 0) is 10.0 Å². The predicted octanol–water partition coefficient (Wildman–Crippen LogP) is -0.431. The normalized spacial score (nSPS) is 11.9. The lowest BCUT2D eigenvalue weighted by Gasteiger charge is -2.19. The molecule has 0 bridgehead atoms. The first-order valence-corrected chi connectivity index (χ1v) is 6.50. The summed E-state index contributed by atoms with van der Waals surface area (Å²) in [4.78, 5) is 0. The van der Waals surface area contributed by atoms with Gasteiger partial charge in [-0.2, -0.15) is 4.31 Å². The van der Waals surface area contributed by atoms with Gasteiger partial charge in [-0.3, -0.25) is 0 Å². The number of sulfonamides is 1. The van der Waals surface area contributed by atoms with E-state index in [4.69, 9.17) is 10.2 Å². The highest BCUT2D eigenvalue weighted by atomic mass is 32.2. The molecule has 0 aromatic carbocycles. The smallest absolute Gasteiger partial charge is 0.214 e. The Balaban J connectivity index is 4.28. The first-order chi connectivity index (χ1) is 7.08. The molecule has 0 aromatic heterocycles. The third-order valence-corrected chi connectivity index (χ3v) is 3.81. The zero-order valence-electron chi connectivity index (χ0n) is 8.80. The molecule has 5 nitrogen and oxygen atoms in total. The SMILES string of the molecule is C=CCN(CCO)S(=O)(=O)CCCCO. The molecular formula is C9H19NO4S. The average Bonchev–Trinajstić information content (AvgIpc) is 2.18. The Bertz CT molecular complexity index is 263. The minimum Gasteiger partial charge on any atom is -0.396 e. The largest absolute Gasteiger partial charge is 0.396 e. The zero-order valence-corrected chi connectivity index (χ0v) is 9.62. The summed E-state index contributed by atoms with van der Waals surface area (Å²) in [5.41, 5.74) is 0. The molecule has 0 saturated heterocycles. The van der Waals surface area contributed by atoms with Gasteiger partial charge < -0.3 is 10.2 Å². The van der Waals surface area contributed by atoms with Crippen molar-refractivity contribution in [2.24, 2.45) is 0 Å². The van der Waals surface area contributed by atoms with E-state index in [0.717, 1.165) is 0 Å². The van der Waals surface area contributed by atoms with E-state index in [1.807, 2.05) is 0 Å². The molecule has 0 unspecified atom stereocenters. The first kappa shape index (κ1) is 14.6. The van der Waals surface area contributed by atoms with Gasteiger partial charge in [0, 0.05) is 19.7 Å². The molecule has 90 valence electrons. The molecule has 0 aliphatic rings. The van der Waals surface area contributed by atoms with Crippen molar-refractivity contribution < 1.29 is 18.6 Å². The van der Waals surface area contributed by atoms with Crippen LogP contribution in [0.4, 0.5) is 0 Å². The van der Waals surface area contributed by atoms with Gasteiger partial charge in [0.25, 0.3) is 0 Å². The molecule has 0 rings (SSSR count). The lowest BCUT2D eigenvalue weighted by molar-refractivity contribution is 0.259. The van der Waals surface area contributed by atoms with E-state index in [1.54, 1.807) is 0 Å². The van der Waals surface area contributed by atoms with Crippen molar-refractivity contribution in [1.82, 2.24) is 4.31 Å². The van der Waals surface area contributed by atoms with Crippen molar-refractivity contribution in [3.05, 3.63) is 12.7 Å². The van der Waals surface area contributed by atoms with Crippen LogP contribution in [0, 0.1) is 0 Å². The second kappa shape index (κ2) is 7.81. The van der Waals surface area contributed by atoms with Crippen molar-refractivity contribution in [1.29, 1.82) is 0 Å². The second-order valence-corrected chi connectivity index (χ2v) is 5.21. The minimum atomic E-state index is -3.33. The summed E-state index contributed by atoms with van der Waals surface area (Å²) < 4.78 is 24.5. The summed E-state index contributed by atoms with van der Waals surface area (Å²) in [6, 6.07) is 0. The molecule has 0 saturated carbocycles. The number of aliphatic hydroxyl groups is 2. The summed E-state index contributed by atoms with van der Waals surface area (Å²) in [6.07, 6.45) is 2.39. The van der Waals surface area contributed by atoms with E-state index in [-0.39, 0.29) is 32.1 Å². The van der Waals surface area contributed by atoms with Crippen molar-refractivity contribution in [3.63, 3.8) is 0 Å². The Kier molecular flexibility index (Phi) is 7.59. The molecule has 0 amide bonds. The molecule has 0 radical (unpaired) electrons. The Labute approximate surface area is 91.1 Å². The molecule has 0 spiro atoms. The Hall–Kier alpha value is -0.430. The molecule has 0 atom stereocenters. The second-order valence-electron chi connectivity index (χ2n) is 3.12. The van der Waals surface area contributed by atoms with Crippen LogP contribution in [-0.4, -0.2) is 55.0 Å². The third kappa shape index (κ3) is 5.88. The van der Waals surface area contributed by atoms with Gasteiger partial charge in [-0.25, -0.2) is 8.42 Å². The van der Waals surface area contributed by atoms with Crippen LogP contribution in [0.1, 0.15) is 12.8 Å². The molecule has 0 heterocycles. The molecule has 2 N–H and O–H groups in total. The highest BCUT2D eigenvalue weighted by Crippen LogP contribution is 2.04. The van der Waals surface area contributed by atoms with E-state index >= 15 is 0 Å². The molecule has 15 heavy (non-hydrogen) atoms. The summed E-state index contributed by atoms with van der Waals surface area (Å²) >= 11 is 0. The fourth-order valence-corrected chi connectivity index (χ4v) is 2.64. The molecule has 0 aliphatic carbocycles. The number of rotatable bonds is 9. The van der Waals surface area contributed by atoms with Gasteiger partial charge in [-0.1, -0.05) is 6.08 Å². The molecule has 0 aromatic rings. The van der Waals surface area contributed by atoms with Gasteiger partial charge in [-0.05, 0) is 12.8 Å². The van der Waals surface area contributed by atoms with E-state index in [0.29, 0.717) is 12.8 Å². The number of aliphatic hydroxyl groups excluding tert-OH is 2. The van der Waals surface area contributed by atoms with E-state index in [9.17, 15) is 8.42 Å². The van der Waals surface area contributed by atoms with Crippen molar-refractivity contribution in [2.45, 2.75) is 12.8 Å². The van der Waals surface area contributed by atoms with Crippen LogP contribution in [0.3, 0.4) is 0 Å². The maximum Gasteiger partial charge on any atom is 0.214 e. The quantitative estimate of drug-likeness (QED) is 0.421. The Morgan fingerprint density at radius 3 is 2.33 bits per heavy atom. The summed E-state index contributed by atoms with van der Waals surface area (Å²) in [5.74, 6) is 0.00139. The van der Waals surface area contributed by atoms with Crippen LogP contribution in [0.2, 0.25) is 0 Å². The summed E-state index contributed by atoms with van der Waals surface area (Å²) in [6.45, 7) is 3.56. The topological polar surface area (TPSA) is 77.8 Å². The number of nitrogens with zero attached hydrogens (tertiary/aromatic N) is 1. The summed E-state index contributed by atoms with van der Waals surface area (Å²) in [7, 11) is -3.33. The molecule has 0 fully saturated rings. The van der Waals surface area contributed by atoms with Crippen LogP contribution >= 0.6 is 0 Å². The van der Waals surface area contributed by atoms with Gasteiger partial charge >= 0.3 is 0 Å². The maximum atomic E-state index is 11.7. The molecular weight excluding hydrogens is 218 g/mol. The van der Waals surface area contributed by atoms with Crippen LogP contribution < -0.4 is 0 Å². The van der Waals surface area contributed by atoms with E-state index < -0.39 is 10.0 Å². The van der Waals surface area contributed by atoms with Gasteiger partial charge in [0.05, 0.1) is 12.4 Å². The Morgan fingerprint density at radius 1 is 1.20 bits per heavy atom. The fourth-order valence-electron chi connectivity index (χ4n) is 1.12. The van der Waals surface area contributed by atoms with Crippen LogP contribution in [0.15, 0.2) is 12.7 Å². The van der Waals surface area contributed by atoms with Crippen molar-refractivity contribution in [3.8, 4) is 0 Å². The van der Waals surface area contributed by atoms with E-state index in [2.05, 4.69) is 6.58 Å². The van der Waals surface area contributed by atoms with Crippen molar-refractivity contribution in [2.75, 3.05) is 32.1 Å². The highest BCUT2D eigenvalue weighted by molar-refractivity contribution is 7.89. The zero-order chi connectivity index (χ0) is 11.7. The minimum absolute atomic E-state index is 0.00139. The standard InChI is InChI=1S/C9H19NO4S/c1-2-5-10(6-8-12)15(13,14)9-4-3-7-11/h2,11-12H,1,3-9H2. The van der Waals surface area contributed by atoms with Crippen molar-refractivity contribution >= 4 is 10.0 Å². The first-order valence-electron chi connectivity index (χ1n) is 4.89. The number of hydrogen-bond donors (Lipinski definition) is 2.